The number of amides is 2. The molecule has 0 spiro atoms. The van der Waals surface area contributed by atoms with Gasteiger partial charge in [0.25, 0.3) is 5.69 Å². The van der Waals surface area contributed by atoms with Crippen LogP contribution in [-0.2, 0) is 19.4 Å². The number of hydrogen-bond donors (Lipinski definition) is 2. The zero-order valence-electron chi connectivity index (χ0n) is 15.0. The van der Waals surface area contributed by atoms with Crippen LogP contribution in [0.2, 0.25) is 0 Å². The second-order valence-corrected chi connectivity index (χ2v) is 8.79. The van der Waals surface area contributed by atoms with Gasteiger partial charge in [-0.2, -0.15) is 0 Å². The van der Waals surface area contributed by atoms with Crippen LogP contribution >= 0.6 is 11.8 Å². The molecule has 0 heterocycles. The number of rotatable bonds is 7. The van der Waals surface area contributed by atoms with Gasteiger partial charge in [-0.15, -0.1) is 11.8 Å². The van der Waals surface area contributed by atoms with Gasteiger partial charge in [0.15, 0.2) is 9.84 Å². The number of nitrogens with zero attached hydrogens (tertiary/aromatic N) is 1. The number of nitro benzene ring substituents is 1. The van der Waals surface area contributed by atoms with Crippen molar-refractivity contribution in [3.63, 3.8) is 0 Å². The quantitative estimate of drug-likeness (QED) is 0.397. The van der Waals surface area contributed by atoms with Crippen LogP contribution in [0.25, 0.3) is 0 Å². The molecule has 2 N–H and O–H groups in total. The van der Waals surface area contributed by atoms with Gasteiger partial charge in [-0.3, -0.25) is 19.7 Å². The first-order chi connectivity index (χ1) is 13.1. The highest BCUT2D eigenvalue weighted by Gasteiger charge is 2.19. The summed E-state index contributed by atoms with van der Waals surface area (Å²) < 4.78 is 23.1. The summed E-state index contributed by atoms with van der Waals surface area (Å²) in [6, 6.07) is 10.0. The van der Waals surface area contributed by atoms with Gasteiger partial charge < -0.3 is 10.6 Å². The lowest BCUT2D eigenvalue weighted by Gasteiger charge is -2.08. The fraction of sp³-hybridized carbons (Fsp3) is 0.176. The van der Waals surface area contributed by atoms with E-state index in [-0.39, 0.29) is 27.1 Å². The normalized spacial score (nSPS) is 10.9. The third-order valence-corrected chi connectivity index (χ3v) is 5.58. The van der Waals surface area contributed by atoms with E-state index in [2.05, 4.69) is 10.6 Å². The van der Waals surface area contributed by atoms with Gasteiger partial charge in [0, 0.05) is 30.6 Å². The smallest absolute Gasteiger partial charge is 0.284 e. The first kappa shape index (κ1) is 21.4. The number of anilines is 2. The van der Waals surface area contributed by atoms with Crippen molar-refractivity contribution in [2.45, 2.75) is 16.7 Å². The molecule has 0 aliphatic heterocycles. The monoisotopic (exact) mass is 423 g/mol. The summed E-state index contributed by atoms with van der Waals surface area (Å²) in [5.41, 5.74) is 0.712. The molecular formula is C17H17N3O6S2. The third kappa shape index (κ3) is 6.06. The summed E-state index contributed by atoms with van der Waals surface area (Å²) >= 11 is 0.928. The molecule has 0 bridgehead atoms. The van der Waals surface area contributed by atoms with Crippen molar-refractivity contribution < 1.29 is 22.9 Å². The molecule has 28 heavy (non-hydrogen) atoms. The molecule has 0 unspecified atom stereocenters. The van der Waals surface area contributed by atoms with Crippen LogP contribution in [0.3, 0.4) is 0 Å². The van der Waals surface area contributed by atoms with Crippen molar-refractivity contribution in [2.75, 3.05) is 22.6 Å². The van der Waals surface area contributed by atoms with E-state index in [0.717, 1.165) is 24.1 Å². The van der Waals surface area contributed by atoms with Crippen molar-refractivity contribution in [2.24, 2.45) is 0 Å². The predicted molar refractivity (Wildman–Crippen MR) is 106 cm³/mol. The van der Waals surface area contributed by atoms with Crippen LogP contribution in [0.5, 0.6) is 0 Å². The Labute approximate surface area is 165 Å². The van der Waals surface area contributed by atoms with Gasteiger partial charge in [-0.05, 0) is 36.4 Å². The lowest BCUT2D eigenvalue weighted by Crippen LogP contribution is -2.14. The van der Waals surface area contributed by atoms with E-state index in [1.807, 2.05) is 0 Å². The minimum Gasteiger partial charge on any atom is -0.326 e. The van der Waals surface area contributed by atoms with E-state index in [1.165, 1.54) is 19.1 Å². The van der Waals surface area contributed by atoms with Crippen LogP contribution < -0.4 is 10.6 Å². The maximum atomic E-state index is 12.1. The summed E-state index contributed by atoms with van der Waals surface area (Å²) in [5.74, 6) is -0.706. The molecule has 0 aromatic heterocycles. The van der Waals surface area contributed by atoms with E-state index in [4.69, 9.17) is 0 Å². The van der Waals surface area contributed by atoms with E-state index in [1.54, 1.807) is 24.3 Å². The molecule has 0 aliphatic carbocycles. The number of nitrogens with one attached hydrogen (secondary N) is 2. The first-order valence-corrected chi connectivity index (χ1v) is 10.7. The third-order valence-electron chi connectivity index (χ3n) is 3.40. The molecule has 148 valence electrons. The number of nitro groups is 1. The molecule has 0 atom stereocenters. The molecule has 0 saturated carbocycles. The average molecular weight is 423 g/mol. The molecule has 2 aromatic rings. The number of sulfone groups is 1. The van der Waals surface area contributed by atoms with Crippen molar-refractivity contribution >= 4 is 50.5 Å². The lowest BCUT2D eigenvalue weighted by molar-refractivity contribution is -0.388. The van der Waals surface area contributed by atoms with Crippen LogP contribution in [0.1, 0.15) is 6.92 Å². The largest absolute Gasteiger partial charge is 0.326 e. The molecule has 0 fully saturated rings. The zero-order chi connectivity index (χ0) is 20.9. The first-order valence-electron chi connectivity index (χ1n) is 7.85. The molecule has 11 heteroatoms. The summed E-state index contributed by atoms with van der Waals surface area (Å²) in [6.07, 6.45) is 0.962. The Morgan fingerprint density at radius 2 is 1.64 bits per heavy atom. The van der Waals surface area contributed by atoms with Crippen molar-refractivity contribution in [1.29, 1.82) is 0 Å². The Hall–Kier alpha value is -2.92. The fourth-order valence-corrected chi connectivity index (χ4v) is 3.62. The molecule has 0 saturated heterocycles. The predicted octanol–water partition coefficient (Wildman–Crippen LogP) is 2.69. The molecule has 2 aromatic carbocycles. The van der Waals surface area contributed by atoms with Gasteiger partial charge in [-0.25, -0.2) is 8.42 Å². The number of carbonyl (C=O) groups is 2. The Balaban J connectivity index is 2.04. The highest BCUT2D eigenvalue weighted by atomic mass is 32.2. The average Bonchev–Trinajstić information content (AvgIpc) is 2.60. The second-order valence-electron chi connectivity index (χ2n) is 5.75. The minimum absolute atomic E-state index is 0.105. The van der Waals surface area contributed by atoms with Crippen molar-refractivity contribution in [1.82, 2.24) is 0 Å². The summed E-state index contributed by atoms with van der Waals surface area (Å²) in [7, 11) is -3.58. The standard InChI is InChI=1S/C17H17N3O6S2/c1-11(21)18-12-3-5-13(6-4-12)19-17(22)10-27-16-8-7-14(28(2,25)26)9-15(16)20(23)24/h3-9H,10H2,1-2H3,(H,18,21)(H,19,22). The fourth-order valence-electron chi connectivity index (χ4n) is 2.17. The van der Waals surface area contributed by atoms with Gasteiger partial charge in [0.2, 0.25) is 11.8 Å². The van der Waals surface area contributed by atoms with Gasteiger partial charge in [0.1, 0.15) is 0 Å². The summed E-state index contributed by atoms with van der Waals surface area (Å²) in [5, 5.41) is 16.5. The lowest BCUT2D eigenvalue weighted by atomic mass is 10.3. The Bertz CT molecular complexity index is 1020. The van der Waals surface area contributed by atoms with Gasteiger partial charge >= 0.3 is 0 Å². The Morgan fingerprint density at radius 1 is 1.07 bits per heavy atom. The molecule has 0 radical (unpaired) electrons. The Kier molecular flexibility index (Phi) is 6.75. The van der Waals surface area contributed by atoms with E-state index >= 15 is 0 Å². The number of hydrogen-bond acceptors (Lipinski definition) is 7. The van der Waals surface area contributed by atoms with E-state index in [9.17, 15) is 28.1 Å². The van der Waals surface area contributed by atoms with Gasteiger partial charge in [0.05, 0.1) is 20.5 Å². The molecule has 2 amide bonds. The minimum atomic E-state index is -3.58. The van der Waals surface area contributed by atoms with Crippen molar-refractivity contribution in [3.05, 3.63) is 52.6 Å². The summed E-state index contributed by atoms with van der Waals surface area (Å²) in [6.45, 7) is 1.38. The van der Waals surface area contributed by atoms with E-state index in [0.29, 0.717) is 11.4 Å². The second kappa shape index (κ2) is 8.85. The van der Waals surface area contributed by atoms with Crippen LogP contribution in [-0.4, -0.2) is 37.2 Å². The zero-order valence-corrected chi connectivity index (χ0v) is 16.6. The van der Waals surface area contributed by atoms with Crippen LogP contribution in [0, 0.1) is 10.1 Å². The molecule has 9 nitrogen and oxygen atoms in total. The SMILES string of the molecule is CC(=O)Nc1ccc(NC(=O)CSc2ccc(S(C)(=O)=O)cc2[N+](=O)[O-])cc1. The maximum Gasteiger partial charge on any atom is 0.284 e. The number of benzene rings is 2. The Morgan fingerprint density at radius 3 is 2.14 bits per heavy atom. The number of thioether (sulfide) groups is 1. The summed E-state index contributed by atoms with van der Waals surface area (Å²) in [4.78, 5) is 33.6. The molecule has 0 aliphatic rings. The molecular weight excluding hydrogens is 406 g/mol. The van der Waals surface area contributed by atoms with Crippen molar-refractivity contribution in [3.8, 4) is 0 Å². The number of carbonyl (C=O) groups excluding carboxylic acids is 2. The maximum absolute atomic E-state index is 12.1. The highest BCUT2D eigenvalue weighted by Crippen LogP contribution is 2.31. The van der Waals surface area contributed by atoms with Crippen LogP contribution in [0.15, 0.2) is 52.3 Å². The van der Waals surface area contributed by atoms with Crippen LogP contribution in [0.4, 0.5) is 17.1 Å². The highest BCUT2D eigenvalue weighted by molar-refractivity contribution is 8.00. The van der Waals surface area contributed by atoms with E-state index < -0.39 is 20.7 Å². The topological polar surface area (TPSA) is 135 Å². The molecule has 2 rings (SSSR count). The van der Waals surface area contributed by atoms with Gasteiger partial charge in [-0.1, -0.05) is 0 Å².